The summed E-state index contributed by atoms with van der Waals surface area (Å²) >= 11 is 0. The lowest BCUT2D eigenvalue weighted by Gasteiger charge is -2.29. The van der Waals surface area contributed by atoms with Gasteiger partial charge in [-0.1, -0.05) is 12.8 Å². The Hall–Kier alpha value is -3.73. The van der Waals surface area contributed by atoms with E-state index in [1.54, 1.807) is 41.8 Å². The molecule has 32 heavy (non-hydrogen) atoms. The first-order valence-electron chi connectivity index (χ1n) is 10.6. The minimum absolute atomic E-state index is 0.0947. The van der Waals surface area contributed by atoms with Gasteiger partial charge in [-0.3, -0.25) is 9.48 Å². The molecule has 1 saturated carbocycles. The van der Waals surface area contributed by atoms with Crippen molar-refractivity contribution < 1.29 is 9.21 Å². The van der Waals surface area contributed by atoms with Crippen LogP contribution in [0.15, 0.2) is 35.3 Å². The number of oxazole rings is 1. The molecule has 4 heterocycles. The molecular formula is C21H25N9O2. The van der Waals surface area contributed by atoms with Crippen molar-refractivity contribution in [2.24, 2.45) is 12.8 Å². The minimum Gasteiger partial charge on any atom is -0.440 e. The molecule has 0 saturated heterocycles. The van der Waals surface area contributed by atoms with Crippen molar-refractivity contribution >= 4 is 23.1 Å². The molecule has 0 aromatic carbocycles. The van der Waals surface area contributed by atoms with E-state index in [9.17, 15) is 4.79 Å². The summed E-state index contributed by atoms with van der Waals surface area (Å²) in [5.41, 5.74) is 7.99. The fourth-order valence-corrected chi connectivity index (χ4v) is 4.03. The highest BCUT2D eigenvalue weighted by atomic mass is 16.4. The van der Waals surface area contributed by atoms with Crippen LogP contribution in [-0.4, -0.2) is 47.4 Å². The summed E-state index contributed by atoms with van der Waals surface area (Å²) in [6, 6.07) is 2.10. The van der Waals surface area contributed by atoms with E-state index < -0.39 is 0 Å². The predicted octanol–water partition coefficient (Wildman–Crippen LogP) is 2.36. The Balaban J connectivity index is 1.41. The van der Waals surface area contributed by atoms with Crippen LogP contribution in [-0.2, 0) is 7.05 Å². The predicted molar refractivity (Wildman–Crippen MR) is 118 cm³/mol. The van der Waals surface area contributed by atoms with E-state index in [1.165, 1.54) is 6.20 Å². The first-order chi connectivity index (χ1) is 15.5. The Bertz CT molecular complexity index is 1270. The van der Waals surface area contributed by atoms with Crippen LogP contribution in [0, 0.1) is 6.92 Å². The van der Waals surface area contributed by atoms with E-state index in [-0.39, 0.29) is 18.0 Å². The van der Waals surface area contributed by atoms with Crippen LogP contribution < -0.4 is 16.4 Å². The molecule has 1 aliphatic rings. The maximum Gasteiger partial charge on any atom is 0.261 e. The molecule has 5 rings (SSSR count). The third-order valence-electron chi connectivity index (χ3n) is 5.67. The number of anilines is 2. The molecule has 0 bridgehead atoms. The average Bonchev–Trinajstić information content (AvgIpc) is 3.47. The van der Waals surface area contributed by atoms with E-state index in [1.807, 2.05) is 6.07 Å². The van der Waals surface area contributed by atoms with Gasteiger partial charge >= 0.3 is 0 Å². The van der Waals surface area contributed by atoms with Gasteiger partial charge in [0, 0.05) is 31.5 Å². The van der Waals surface area contributed by atoms with Crippen molar-refractivity contribution in [2.45, 2.75) is 44.7 Å². The molecule has 1 aliphatic carbocycles. The number of nitrogens with zero attached hydrogens (tertiary/aromatic N) is 6. The lowest BCUT2D eigenvalue weighted by Crippen LogP contribution is -2.42. The molecule has 4 aromatic rings. The second-order valence-electron chi connectivity index (χ2n) is 8.13. The van der Waals surface area contributed by atoms with Crippen LogP contribution in [0.4, 0.5) is 11.5 Å². The summed E-state index contributed by atoms with van der Waals surface area (Å²) in [5, 5.41) is 14.9. The van der Waals surface area contributed by atoms with E-state index in [4.69, 9.17) is 10.2 Å². The van der Waals surface area contributed by atoms with E-state index in [0.717, 1.165) is 25.7 Å². The number of rotatable bonds is 5. The van der Waals surface area contributed by atoms with Gasteiger partial charge < -0.3 is 20.8 Å². The van der Waals surface area contributed by atoms with Crippen molar-refractivity contribution in [2.75, 3.05) is 10.6 Å². The number of aryl methyl sites for hydroxylation is 2. The summed E-state index contributed by atoms with van der Waals surface area (Å²) in [6.07, 6.45) is 10.9. The van der Waals surface area contributed by atoms with Gasteiger partial charge in [-0.25, -0.2) is 14.5 Å². The van der Waals surface area contributed by atoms with Crippen molar-refractivity contribution in [3.63, 3.8) is 0 Å². The van der Waals surface area contributed by atoms with Crippen LogP contribution in [0.25, 0.3) is 17.2 Å². The molecular weight excluding hydrogens is 410 g/mol. The molecule has 0 radical (unpaired) electrons. The zero-order valence-electron chi connectivity index (χ0n) is 17.9. The van der Waals surface area contributed by atoms with Crippen LogP contribution in [0.1, 0.15) is 41.8 Å². The molecule has 0 spiro atoms. The van der Waals surface area contributed by atoms with Gasteiger partial charge in [0.2, 0.25) is 5.89 Å². The Morgan fingerprint density at radius 3 is 2.91 bits per heavy atom. The number of hydrogen-bond donors (Lipinski definition) is 3. The van der Waals surface area contributed by atoms with Crippen molar-refractivity contribution in [1.82, 2.24) is 29.4 Å². The fraction of sp³-hybridized carbons (Fsp3) is 0.381. The number of fused-ring (bicyclic) bond motifs is 1. The summed E-state index contributed by atoms with van der Waals surface area (Å²) < 4.78 is 8.74. The SMILES string of the molecule is Cc1cnc(-c2nn(C)cc2NC(=O)c2cnn3ccc(N[C@@H]4CCCC[C@@H]4N)nc23)o1. The summed E-state index contributed by atoms with van der Waals surface area (Å²) in [4.78, 5) is 22.0. The molecule has 11 nitrogen and oxygen atoms in total. The highest BCUT2D eigenvalue weighted by Gasteiger charge is 2.23. The third kappa shape index (κ3) is 3.82. The molecule has 1 amide bonds. The number of nitrogens with two attached hydrogens (primary N) is 1. The van der Waals surface area contributed by atoms with Gasteiger partial charge in [-0.2, -0.15) is 10.2 Å². The fourth-order valence-electron chi connectivity index (χ4n) is 4.03. The van der Waals surface area contributed by atoms with Crippen molar-refractivity contribution in [3.05, 3.63) is 42.2 Å². The highest BCUT2D eigenvalue weighted by molar-refractivity contribution is 6.09. The minimum atomic E-state index is -0.350. The van der Waals surface area contributed by atoms with Crippen LogP contribution in [0.5, 0.6) is 0 Å². The Morgan fingerprint density at radius 2 is 2.12 bits per heavy atom. The number of hydrogen-bond acceptors (Lipinski definition) is 8. The molecule has 4 N–H and O–H groups in total. The number of amides is 1. The molecule has 1 fully saturated rings. The molecule has 0 unspecified atom stereocenters. The molecule has 0 aliphatic heterocycles. The van der Waals surface area contributed by atoms with Gasteiger partial charge in [-0.05, 0) is 25.8 Å². The van der Waals surface area contributed by atoms with E-state index in [0.29, 0.717) is 40.1 Å². The lowest BCUT2D eigenvalue weighted by molar-refractivity contribution is 0.102. The number of nitrogens with one attached hydrogen (secondary N) is 2. The number of carbonyl (C=O) groups excluding carboxylic acids is 1. The lowest BCUT2D eigenvalue weighted by atomic mass is 9.91. The van der Waals surface area contributed by atoms with Crippen LogP contribution in [0.2, 0.25) is 0 Å². The number of carbonyl (C=O) groups is 1. The van der Waals surface area contributed by atoms with Gasteiger partial charge in [-0.15, -0.1) is 0 Å². The quantitative estimate of drug-likeness (QED) is 0.434. The van der Waals surface area contributed by atoms with E-state index in [2.05, 4.69) is 30.8 Å². The third-order valence-corrected chi connectivity index (χ3v) is 5.67. The monoisotopic (exact) mass is 435 g/mol. The smallest absolute Gasteiger partial charge is 0.261 e. The second kappa shape index (κ2) is 8.08. The molecule has 166 valence electrons. The molecule has 2 atom stereocenters. The number of aromatic nitrogens is 6. The maximum absolute atomic E-state index is 13.1. The summed E-state index contributed by atoms with van der Waals surface area (Å²) in [7, 11) is 1.76. The zero-order chi connectivity index (χ0) is 22.2. The molecule has 4 aromatic heterocycles. The first kappa shape index (κ1) is 20.2. The van der Waals surface area contributed by atoms with Crippen LogP contribution >= 0.6 is 0 Å². The Labute approximate surface area is 184 Å². The average molecular weight is 435 g/mol. The Kier molecular flexibility index (Phi) is 5.10. The van der Waals surface area contributed by atoms with Gasteiger partial charge in [0.05, 0.1) is 18.1 Å². The zero-order valence-corrected chi connectivity index (χ0v) is 17.9. The van der Waals surface area contributed by atoms with E-state index >= 15 is 0 Å². The van der Waals surface area contributed by atoms with Gasteiger partial charge in [0.25, 0.3) is 5.91 Å². The topological polar surface area (TPSA) is 141 Å². The van der Waals surface area contributed by atoms with Gasteiger partial charge in [0.15, 0.2) is 11.3 Å². The normalized spacial score (nSPS) is 18.7. The Morgan fingerprint density at radius 1 is 1.28 bits per heavy atom. The molecule has 11 heteroatoms. The van der Waals surface area contributed by atoms with Gasteiger partial charge in [0.1, 0.15) is 17.1 Å². The maximum atomic E-state index is 13.1. The van der Waals surface area contributed by atoms with Crippen molar-refractivity contribution in [1.29, 1.82) is 0 Å². The summed E-state index contributed by atoms with van der Waals surface area (Å²) in [6.45, 7) is 1.80. The standard InChI is InChI=1S/C21H25N9O2/c1-12-9-23-21(32-12)18-16(11-29(2)28-18)26-20(31)13-10-24-30-8-7-17(27-19(13)30)25-15-6-4-3-5-14(15)22/h7-11,14-15H,3-6,22H2,1-2H3,(H,25,27)(H,26,31)/t14-,15+/m0/s1. The van der Waals surface area contributed by atoms with Crippen molar-refractivity contribution in [3.8, 4) is 11.6 Å². The largest absolute Gasteiger partial charge is 0.440 e. The first-order valence-corrected chi connectivity index (χ1v) is 10.6. The highest BCUT2D eigenvalue weighted by Crippen LogP contribution is 2.27. The summed E-state index contributed by atoms with van der Waals surface area (Å²) in [5.74, 6) is 1.32. The van der Waals surface area contributed by atoms with Crippen LogP contribution in [0.3, 0.4) is 0 Å². The second-order valence-corrected chi connectivity index (χ2v) is 8.13.